The van der Waals surface area contributed by atoms with Crippen molar-refractivity contribution >= 4 is 17.6 Å². The summed E-state index contributed by atoms with van der Waals surface area (Å²) in [7, 11) is 0. The molecule has 0 rings (SSSR count). The van der Waals surface area contributed by atoms with Crippen molar-refractivity contribution in [3.8, 4) is 12.3 Å². The Labute approximate surface area is 151 Å². The average molecular weight is 352 g/mol. The maximum Gasteiger partial charge on any atom is 0.240 e. The molecular formula is C19H32N2O4. The number of rotatable bonds is 15. The molecule has 142 valence electrons. The first kappa shape index (κ1) is 23.1. The third kappa shape index (κ3) is 14.2. The molecule has 0 spiro atoms. The van der Waals surface area contributed by atoms with Crippen LogP contribution in [0.4, 0.5) is 0 Å². The van der Waals surface area contributed by atoms with Gasteiger partial charge in [0.25, 0.3) is 0 Å². The van der Waals surface area contributed by atoms with Crippen LogP contribution in [0.3, 0.4) is 0 Å². The molecule has 0 saturated carbocycles. The second-order valence-electron chi connectivity index (χ2n) is 6.56. The van der Waals surface area contributed by atoms with Crippen LogP contribution in [0.25, 0.3) is 0 Å². The lowest BCUT2D eigenvalue weighted by Crippen LogP contribution is -2.44. The van der Waals surface area contributed by atoms with Crippen molar-refractivity contribution in [1.29, 1.82) is 0 Å². The molecule has 3 N–H and O–H groups in total. The number of carbonyl (C=O) groups excluding carboxylic acids is 3. The average Bonchev–Trinajstić information content (AvgIpc) is 2.54. The van der Waals surface area contributed by atoms with E-state index in [1.54, 1.807) is 0 Å². The number of carbonyl (C=O) groups is 3. The molecule has 0 aliphatic heterocycles. The van der Waals surface area contributed by atoms with Gasteiger partial charge in [-0.05, 0) is 25.2 Å². The zero-order chi connectivity index (χ0) is 19.1. The fourth-order valence-corrected chi connectivity index (χ4v) is 2.25. The quantitative estimate of drug-likeness (QED) is 0.348. The summed E-state index contributed by atoms with van der Waals surface area (Å²) in [4.78, 5) is 34.6. The number of nitrogens with one attached hydrogen (secondary N) is 1. The van der Waals surface area contributed by atoms with Crippen LogP contribution in [0.2, 0.25) is 0 Å². The van der Waals surface area contributed by atoms with E-state index < -0.39 is 11.9 Å². The Bertz CT molecular complexity index is 455. The van der Waals surface area contributed by atoms with E-state index in [9.17, 15) is 14.4 Å². The largest absolute Gasteiger partial charge is 0.381 e. The third-order valence-electron chi connectivity index (χ3n) is 3.71. The lowest BCUT2D eigenvalue weighted by molar-refractivity contribution is -0.128. The molecule has 6 nitrogen and oxygen atoms in total. The molecule has 1 atom stereocenters. The summed E-state index contributed by atoms with van der Waals surface area (Å²) in [6.07, 6.45) is 9.80. The molecule has 0 saturated heterocycles. The van der Waals surface area contributed by atoms with Crippen LogP contribution >= 0.6 is 0 Å². The van der Waals surface area contributed by atoms with Gasteiger partial charge in [-0.1, -0.05) is 20.3 Å². The molecule has 0 fully saturated rings. The number of primary amides is 1. The Hall–Kier alpha value is -1.87. The highest BCUT2D eigenvalue weighted by Crippen LogP contribution is 2.08. The number of hydrogen-bond donors (Lipinski definition) is 2. The van der Waals surface area contributed by atoms with Gasteiger partial charge in [0.2, 0.25) is 11.8 Å². The zero-order valence-corrected chi connectivity index (χ0v) is 15.5. The van der Waals surface area contributed by atoms with Crippen molar-refractivity contribution in [2.24, 2.45) is 11.7 Å². The topological polar surface area (TPSA) is 98.5 Å². The fourth-order valence-electron chi connectivity index (χ4n) is 2.25. The molecule has 0 aromatic heterocycles. The van der Waals surface area contributed by atoms with Gasteiger partial charge < -0.3 is 15.8 Å². The minimum atomic E-state index is -0.744. The number of hydrogen-bond acceptors (Lipinski definition) is 4. The summed E-state index contributed by atoms with van der Waals surface area (Å²) in [5.41, 5.74) is 5.21. The van der Waals surface area contributed by atoms with Gasteiger partial charge in [0.1, 0.15) is 11.8 Å². The Morgan fingerprint density at radius 2 is 1.76 bits per heavy atom. The van der Waals surface area contributed by atoms with Crippen molar-refractivity contribution < 1.29 is 19.1 Å². The number of Topliss-reactive ketones (excluding diaryl/α,β-unsaturated/α-hetero) is 1. The van der Waals surface area contributed by atoms with Gasteiger partial charge in [-0.2, -0.15) is 0 Å². The van der Waals surface area contributed by atoms with Gasteiger partial charge in [-0.25, -0.2) is 0 Å². The third-order valence-corrected chi connectivity index (χ3v) is 3.71. The Morgan fingerprint density at radius 1 is 1.08 bits per heavy atom. The first-order chi connectivity index (χ1) is 11.9. The van der Waals surface area contributed by atoms with Gasteiger partial charge in [0.15, 0.2) is 0 Å². The van der Waals surface area contributed by atoms with E-state index in [0.717, 1.165) is 12.8 Å². The monoisotopic (exact) mass is 352 g/mol. The molecular weight excluding hydrogens is 320 g/mol. The lowest BCUT2D eigenvalue weighted by Gasteiger charge is -2.14. The van der Waals surface area contributed by atoms with E-state index in [0.29, 0.717) is 44.6 Å². The molecule has 25 heavy (non-hydrogen) atoms. The SMILES string of the molecule is C#CCCC(NC(=O)CCOCCCC(=O)CCCC(C)C)C(N)=O. The van der Waals surface area contributed by atoms with E-state index >= 15 is 0 Å². The van der Waals surface area contributed by atoms with Crippen LogP contribution < -0.4 is 11.1 Å². The van der Waals surface area contributed by atoms with E-state index in [2.05, 4.69) is 25.1 Å². The molecule has 0 bridgehead atoms. The van der Waals surface area contributed by atoms with Gasteiger partial charge in [0.05, 0.1) is 6.61 Å². The van der Waals surface area contributed by atoms with Gasteiger partial charge in [-0.3, -0.25) is 14.4 Å². The number of terminal acetylenes is 1. The lowest BCUT2D eigenvalue weighted by atomic mass is 10.0. The molecule has 2 amide bonds. The summed E-state index contributed by atoms with van der Waals surface area (Å²) >= 11 is 0. The number of ketones is 1. The summed E-state index contributed by atoms with van der Waals surface area (Å²) in [6.45, 7) is 4.98. The normalized spacial score (nSPS) is 11.8. The predicted octanol–water partition coefficient (Wildman–Crippen LogP) is 1.95. The summed E-state index contributed by atoms with van der Waals surface area (Å²) < 4.78 is 5.36. The Balaban J connectivity index is 3.70. The van der Waals surface area contributed by atoms with E-state index in [4.69, 9.17) is 16.9 Å². The van der Waals surface area contributed by atoms with Crippen LogP contribution in [0, 0.1) is 18.3 Å². The van der Waals surface area contributed by atoms with Gasteiger partial charge >= 0.3 is 0 Å². The fraction of sp³-hybridized carbons (Fsp3) is 0.737. The highest BCUT2D eigenvalue weighted by atomic mass is 16.5. The Morgan fingerprint density at radius 3 is 2.36 bits per heavy atom. The second-order valence-corrected chi connectivity index (χ2v) is 6.56. The van der Waals surface area contributed by atoms with Gasteiger partial charge in [-0.15, -0.1) is 12.3 Å². The summed E-state index contributed by atoms with van der Waals surface area (Å²) in [5.74, 6) is 2.40. The van der Waals surface area contributed by atoms with E-state index in [1.807, 2.05) is 0 Å². The number of ether oxygens (including phenoxy) is 1. The van der Waals surface area contributed by atoms with Crippen molar-refractivity contribution in [2.75, 3.05) is 13.2 Å². The maximum absolute atomic E-state index is 11.7. The molecule has 0 aliphatic rings. The molecule has 0 aromatic carbocycles. The highest BCUT2D eigenvalue weighted by Gasteiger charge is 2.16. The van der Waals surface area contributed by atoms with Crippen molar-refractivity contribution in [3.63, 3.8) is 0 Å². The minimum Gasteiger partial charge on any atom is -0.381 e. The summed E-state index contributed by atoms with van der Waals surface area (Å²) in [5, 5.41) is 2.55. The minimum absolute atomic E-state index is 0.141. The maximum atomic E-state index is 11.7. The predicted molar refractivity (Wildman–Crippen MR) is 97.6 cm³/mol. The Kier molecular flexibility index (Phi) is 13.4. The molecule has 0 aliphatic carbocycles. The van der Waals surface area contributed by atoms with Crippen LogP contribution in [0.5, 0.6) is 0 Å². The van der Waals surface area contributed by atoms with Crippen LogP contribution in [-0.2, 0) is 19.1 Å². The van der Waals surface area contributed by atoms with Crippen molar-refractivity contribution in [1.82, 2.24) is 5.32 Å². The molecule has 1 unspecified atom stereocenters. The standard InChI is InChI=1S/C19H32N2O4/c1-4-5-11-17(19(20)24)21-18(23)12-14-25-13-7-10-16(22)9-6-8-15(2)3/h1,15,17H,5-14H2,2-3H3,(H2,20,24)(H,21,23). The van der Waals surface area contributed by atoms with Gasteiger partial charge in [0, 0.05) is 32.3 Å². The molecule has 0 heterocycles. The van der Waals surface area contributed by atoms with Crippen LogP contribution in [-0.4, -0.2) is 36.9 Å². The molecule has 6 heteroatoms. The van der Waals surface area contributed by atoms with Crippen molar-refractivity contribution in [3.05, 3.63) is 0 Å². The first-order valence-electron chi connectivity index (χ1n) is 8.98. The second kappa shape index (κ2) is 14.5. The van der Waals surface area contributed by atoms with Crippen LogP contribution in [0.1, 0.15) is 65.2 Å². The number of nitrogens with two attached hydrogens (primary N) is 1. The highest BCUT2D eigenvalue weighted by molar-refractivity contribution is 5.86. The first-order valence-corrected chi connectivity index (χ1v) is 8.98. The summed E-state index contributed by atoms with van der Waals surface area (Å²) in [6, 6.07) is -0.744. The van der Waals surface area contributed by atoms with Crippen LogP contribution in [0.15, 0.2) is 0 Å². The van der Waals surface area contributed by atoms with E-state index in [-0.39, 0.29) is 24.7 Å². The zero-order valence-electron chi connectivity index (χ0n) is 15.5. The van der Waals surface area contributed by atoms with E-state index in [1.165, 1.54) is 0 Å². The van der Waals surface area contributed by atoms with Crippen molar-refractivity contribution in [2.45, 2.75) is 71.3 Å². The molecule has 0 radical (unpaired) electrons. The molecule has 0 aromatic rings. The number of amides is 2. The smallest absolute Gasteiger partial charge is 0.240 e.